The van der Waals surface area contributed by atoms with Crippen molar-refractivity contribution in [1.82, 2.24) is 10.0 Å². The molecule has 0 saturated heterocycles. The van der Waals surface area contributed by atoms with E-state index in [1.165, 1.54) is 31.2 Å². The fourth-order valence-electron chi connectivity index (χ4n) is 3.66. The number of amides is 1. The third-order valence-corrected chi connectivity index (χ3v) is 6.15. The molecule has 1 N–H and O–H groups in total. The molecular weight excluding hydrogens is 378 g/mol. The van der Waals surface area contributed by atoms with Gasteiger partial charge in [0, 0.05) is 29.2 Å². The lowest BCUT2D eigenvalue weighted by atomic mass is 9.89. The molecule has 0 unspecified atom stereocenters. The van der Waals surface area contributed by atoms with Crippen LogP contribution in [0.25, 0.3) is 11.0 Å². The van der Waals surface area contributed by atoms with Crippen LogP contribution in [0.5, 0.6) is 0 Å². The SMILES string of the molecule is Cc1c(C(=O)CSCCNC(=O)C2CCCCC2)[n+](=O)c2ccccc2n1[O-]. The number of rotatable bonds is 7. The number of thioether (sulfide) groups is 1. The van der Waals surface area contributed by atoms with Crippen molar-refractivity contribution < 1.29 is 14.0 Å². The third kappa shape index (κ3) is 4.38. The molecule has 1 fully saturated rings. The Labute approximate surface area is 167 Å². The van der Waals surface area contributed by atoms with E-state index in [-0.39, 0.29) is 45.8 Å². The standard InChI is InChI=1S/C20H25N3O4S/c1-14-19(23(27)17-10-6-5-9-16(17)22(14)26)18(24)13-28-12-11-21-20(25)15-7-3-2-4-8-15/h5-6,9-10,15H,2-4,7-8,11-13H2,1H3,(H,21,25). The molecule has 1 heterocycles. The van der Waals surface area contributed by atoms with Crippen LogP contribution in [-0.4, -0.2) is 34.5 Å². The lowest BCUT2D eigenvalue weighted by Crippen LogP contribution is -2.33. The minimum Gasteiger partial charge on any atom is -0.805 e. The molecule has 1 amide bonds. The number of nitrogens with one attached hydrogen (secondary N) is 1. The van der Waals surface area contributed by atoms with E-state index < -0.39 is 0 Å². The topological polar surface area (TPSA) is 97.1 Å². The number of aromatic nitrogens is 2. The lowest BCUT2D eigenvalue weighted by Gasteiger charge is -2.20. The zero-order valence-electron chi connectivity index (χ0n) is 16.0. The highest BCUT2D eigenvalue weighted by Gasteiger charge is 2.26. The summed E-state index contributed by atoms with van der Waals surface area (Å²) in [5.74, 6) is 0.495. The number of hydrogen-bond donors (Lipinski definition) is 1. The van der Waals surface area contributed by atoms with Gasteiger partial charge in [-0.2, -0.15) is 11.8 Å². The van der Waals surface area contributed by atoms with Gasteiger partial charge < -0.3 is 15.3 Å². The highest BCUT2D eigenvalue weighted by atomic mass is 32.2. The molecule has 1 aromatic carbocycles. The summed E-state index contributed by atoms with van der Waals surface area (Å²) in [6.07, 6.45) is 5.34. The summed E-state index contributed by atoms with van der Waals surface area (Å²) in [6, 6.07) is 6.42. The number of fused-ring (bicyclic) bond motifs is 1. The first-order chi connectivity index (χ1) is 13.5. The van der Waals surface area contributed by atoms with E-state index in [0.29, 0.717) is 21.5 Å². The molecule has 3 rings (SSSR count). The van der Waals surface area contributed by atoms with Crippen molar-refractivity contribution in [3.05, 3.63) is 45.8 Å². The van der Waals surface area contributed by atoms with E-state index in [1.54, 1.807) is 18.2 Å². The molecule has 1 aliphatic rings. The van der Waals surface area contributed by atoms with Crippen molar-refractivity contribution in [2.75, 3.05) is 18.1 Å². The van der Waals surface area contributed by atoms with Gasteiger partial charge in [-0.05, 0) is 25.8 Å². The van der Waals surface area contributed by atoms with Crippen LogP contribution in [-0.2, 0) is 4.79 Å². The maximum absolute atomic E-state index is 12.6. The molecule has 0 aliphatic heterocycles. The summed E-state index contributed by atoms with van der Waals surface area (Å²) >= 11 is 1.35. The predicted molar refractivity (Wildman–Crippen MR) is 110 cm³/mol. The summed E-state index contributed by atoms with van der Waals surface area (Å²) in [4.78, 5) is 37.2. The van der Waals surface area contributed by atoms with Gasteiger partial charge in [0.25, 0.3) is 5.52 Å². The molecule has 7 nitrogen and oxygen atoms in total. The molecule has 8 heteroatoms. The van der Waals surface area contributed by atoms with Gasteiger partial charge >= 0.3 is 5.69 Å². The van der Waals surface area contributed by atoms with Crippen LogP contribution < -0.4 is 9.74 Å². The molecule has 0 atom stereocenters. The van der Waals surface area contributed by atoms with Gasteiger partial charge in [-0.3, -0.25) is 9.59 Å². The Morgan fingerprint density at radius 2 is 1.96 bits per heavy atom. The fourth-order valence-corrected chi connectivity index (χ4v) is 4.37. The van der Waals surface area contributed by atoms with Crippen LogP contribution in [0.15, 0.2) is 24.3 Å². The van der Waals surface area contributed by atoms with Crippen molar-refractivity contribution in [3.8, 4) is 0 Å². The van der Waals surface area contributed by atoms with Crippen LogP contribution >= 0.6 is 11.8 Å². The maximum atomic E-state index is 12.6. The normalized spacial score (nSPS) is 14.9. The van der Waals surface area contributed by atoms with Crippen molar-refractivity contribution in [3.63, 3.8) is 0 Å². The zero-order valence-corrected chi connectivity index (χ0v) is 16.8. The maximum Gasteiger partial charge on any atom is 0.325 e. The molecule has 0 bridgehead atoms. The summed E-state index contributed by atoms with van der Waals surface area (Å²) in [5.41, 5.74) is 0.401. The average Bonchev–Trinajstić information content (AvgIpc) is 2.72. The van der Waals surface area contributed by atoms with Gasteiger partial charge in [0.2, 0.25) is 11.7 Å². The Balaban J connectivity index is 1.55. The molecule has 150 valence electrons. The smallest absolute Gasteiger partial charge is 0.325 e. The molecule has 0 radical (unpaired) electrons. The highest BCUT2D eigenvalue weighted by molar-refractivity contribution is 8.00. The monoisotopic (exact) mass is 403 g/mol. The minimum absolute atomic E-state index is 0.0840. The average molecular weight is 404 g/mol. The number of Topliss-reactive ketones (excluding diaryl/α,β-unsaturated/α-hetero) is 1. The molecule has 1 aromatic heterocycles. The van der Waals surface area contributed by atoms with E-state index in [2.05, 4.69) is 5.32 Å². The largest absolute Gasteiger partial charge is 0.805 e. The molecular formula is C20H25N3O4S. The number of ketones is 1. The number of nitrogens with zero attached hydrogens (tertiary/aromatic N) is 2. The van der Waals surface area contributed by atoms with E-state index >= 15 is 0 Å². The van der Waals surface area contributed by atoms with Crippen molar-refractivity contribution in [2.24, 2.45) is 5.92 Å². The highest BCUT2D eigenvalue weighted by Crippen LogP contribution is 2.23. The lowest BCUT2D eigenvalue weighted by molar-refractivity contribution is -0.468. The Kier molecular flexibility index (Phi) is 6.72. The van der Waals surface area contributed by atoms with Gasteiger partial charge in [-0.25, -0.2) is 0 Å². The van der Waals surface area contributed by atoms with Gasteiger partial charge in [-0.1, -0.05) is 31.4 Å². The van der Waals surface area contributed by atoms with E-state index in [9.17, 15) is 19.7 Å². The zero-order chi connectivity index (χ0) is 20.1. The second-order valence-corrected chi connectivity index (χ2v) is 8.22. The molecule has 28 heavy (non-hydrogen) atoms. The van der Waals surface area contributed by atoms with Crippen molar-refractivity contribution >= 4 is 34.5 Å². The summed E-state index contributed by atoms with van der Waals surface area (Å²) in [7, 11) is 0. The van der Waals surface area contributed by atoms with Crippen molar-refractivity contribution in [1.29, 1.82) is 0 Å². The Bertz CT molecular complexity index is 935. The Morgan fingerprint density at radius 3 is 2.71 bits per heavy atom. The van der Waals surface area contributed by atoms with Crippen LogP contribution in [0.3, 0.4) is 0 Å². The number of carbonyl (C=O) groups excluding carboxylic acids is 2. The van der Waals surface area contributed by atoms with Gasteiger partial charge in [0.15, 0.2) is 0 Å². The molecule has 1 saturated carbocycles. The quantitative estimate of drug-likeness (QED) is 0.436. The second kappa shape index (κ2) is 9.23. The van der Waals surface area contributed by atoms with Crippen LogP contribution in [0.4, 0.5) is 0 Å². The second-order valence-electron chi connectivity index (χ2n) is 7.11. The first kappa shape index (κ1) is 20.4. The van der Waals surface area contributed by atoms with E-state index in [4.69, 9.17) is 0 Å². The van der Waals surface area contributed by atoms with Crippen LogP contribution in [0.1, 0.15) is 48.3 Å². The number of hydrogen-bond acceptors (Lipinski definition) is 5. The molecule has 0 spiro atoms. The predicted octanol–water partition coefficient (Wildman–Crippen LogP) is 2.82. The van der Waals surface area contributed by atoms with Crippen molar-refractivity contribution in [2.45, 2.75) is 39.0 Å². The number of carbonyl (C=O) groups is 2. The Morgan fingerprint density at radius 1 is 1.25 bits per heavy atom. The third-order valence-electron chi connectivity index (χ3n) is 5.19. The summed E-state index contributed by atoms with van der Waals surface area (Å²) in [6.45, 7) is 1.97. The van der Waals surface area contributed by atoms with Gasteiger partial charge in [0.1, 0.15) is 5.52 Å². The number of para-hydroxylation sites is 2. The number of benzene rings is 1. The van der Waals surface area contributed by atoms with Gasteiger partial charge in [-0.15, -0.1) is 0 Å². The first-order valence-corrected chi connectivity index (χ1v) is 10.8. The fraction of sp³-hybridized carbons (Fsp3) is 0.500. The van der Waals surface area contributed by atoms with Gasteiger partial charge in [0.05, 0.1) is 15.9 Å². The molecule has 1 aliphatic carbocycles. The van der Waals surface area contributed by atoms with Crippen LogP contribution in [0, 0.1) is 23.0 Å². The van der Waals surface area contributed by atoms with E-state index in [1.807, 2.05) is 0 Å². The first-order valence-electron chi connectivity index (χ1n) is 9.63. The minimum atomic E-state index is -0.383. The Hall–Kier alpha value is -2.35. The van der Waals surface area contributed by atoms with Crippen LogP contribution in [0.2, 0.25) is 0 Å². The van der Waals surface area contributed by atoms with E-state index in [0.717, 1.165) is 25.7 Å². The molecule has 2 aromatic rings. The summed E-state index contributed by atoms with van der Waals surface area (Å²) in [5, 5.41) is 15.3. The summed E-state index contributed by atoms with van der Waals surface area (Å²) < 4.78 is 1.18.